The second kappa shape index (κ2) is 17.5. The molecule has 1 saturated carbocycles. The Morgan fingerprint density at radius 2 is 1.47 bits per heavy atom. The minimum atomic E-state index is -1.70. The molecule has 5 rings (SSSR count). The second-order valence-corrected chi connectivity index (χ2v) is 17.0. The lowest BCUT2D eigenvalue weighted by Gasteiger charge is -2.31. The van der Waals surface area contributed by atoms with Gasteiger partial charge in [0.1, 0.15) is 18.0 Å². The summed E-state index contributed by atoms with van der Waals surface area (Å²) in [5.41, 5.74) is 2.46. The minimum Gasteiger partial charge on any atom is -0.495 e. The molecule has 1 heterocycles. The molecule has 0 bridgehead atoms. The molecule has 3 aromatic carbocycles. The van der Waals surface area contributed by atoms with Crippen LogP contribution in [0, 0.1) is 5.41 Å². The number of imide groups is 1. The number of urea groups is 1. The molecular weight excluding hydrogens is 721 g/mol. The molecule has 2 unspecified atom stereocenters. The number of ketones is 1. The van der Waals surface area contributed by atoms with Crippen LogP contribution in [-0.4, -0.2) is 65.1 Å². The van der Waals surface area contributed by atoms with Crippen molar-refractivity contribution < 1.29 is 33.4 Å². The van der Waals surface area contributed by atoms with Gasteiger partial charge in [-0.05, 0) is 78.3 Å². The SMILES string of the molecule is CCC(Oc1ccc(C(C)(C)CC)cc1C(C)(C)CC)C(=O)Nc1ccc(OC)c(NC(=O)C(C(=O)C2(C)CCCC2)N2C(=O)CN(Cc3ccccc3)C2=O)c1. The number of Topliss-reactive ketones (excluding diaryl/α,β-unsaturated/α-hetero) is 1. The van der Waals surface area contributed by atoms with Gasteiger partial charge in [0.15, 0.2) is 17.9 Å². The topological polar surface area (TPSA) is 134 Å². The van der Waals surface area contributed by atoms with E-state index in [9.17, 15) is 24.0 Å². The lowest BCUT2D eigenvalue weighted by Crippen LogP contribution is -2.55. The van der Waals surface area contributed by atoms with Crippen LogP contribution in [0.2, 0.25) is 0 Å². The molecule has 2 N–H and O–H groups in total. The number of nitrogens with one attached hydrogen (secondary N) is 2. The summed E-state index contributed by atoms with van der Waals surface area (Å²) in [4.78, 5) is 72.1. The first-order chi connectivity index (χ1) is 27.0. The van der Waals surface area contributed by atoms with Crippen LogP contribution in [0.4, 0.5) is 16.2 Å². The first-order valence-electron chi connectivity index (χ1n) is 20.3. The Kier molecular flexibility index (Phi) is 13.2. The Labute approximate surface area is 337 Å². The number of methoxy groups -OCH3 is 1. The molecule has 2 aliphatic rings. The number of rotatable bonds is 17. The smallest absolute Gasteiger partial charge is 0.328 e. The van der Waals surface area contributed by atoms with E-state index >= 15 is 0 Å². The maximum absolute atomic E-state index is 14.3. The van der Waals surface area contributed by atoms with Crippen LogP contribution in [0.3, 0.4) is 0 Å². The van der Waals surface area contributed by atoms with Gasteiger partial charge in [0.25, 0.3) is 17.7 Å². The van der Waals surface area contributed by atoms with Crippen LogP contribution in [-0.2, 0) is 36.6 Å². The van der Waals surface area contributed by atoms with Gasteiger partial charge >= 0.3 is 6.03 Å². The van der Waals surface area contributed by atoms with Crippen molar-refractivity contribution in [3.8, 4) is 11.5 Å². The zero-order valence-electron chi connectivity index (χ0n) is 35.1. The fourth-order valence-electron chi connectivity index (χ4n) is 7.59. The molecule has 1 saturated heterocycles. The van der Waals surface area contributed by atoms with E-state index in [0.29, 0.717) is 30.7 Å². The Balaban J connectivity index is 1.40. The van der Waals surface area contributed by atoms with Crippen molar-refractivity contribution in [3.63, 3.8) is 0 Å². The first kappa shape index (κ1) is 42.9. The Hall–Kier alpha value is -5.19. The van der Waals surface area contributed by atoms with Crippen molar-refractivity contribution in [2.24, 2.45) is 5.41 Å². The summed E-state index contributed by atoms with van der Waals surface area (Å²) in [6.07, 6.45) is 4.10. The summed E-state index contributed by atoms with van der Waals surface area (Å²) in [5, 5.41) is 5.72. The van der Waals surface area contributed by atoms with Crippen molar-refractivity contribution >= 4 is 40.9 Å². The quantitative estimate of drug-likeness (QED) is 0.103. The van der Waals surface area contributed by atoms with Crippen LogP contribution < -0.4 is 20.1 Å². The van der Waals surface area contributed by atoms with Crippen molar-refractivity contribution in [2.45, 2.75) is 130 Å². The Bertz CT molecular complexity index is 1970. The number of carbonyl (C=O) groups is 5. The summed E-state index contributed by atoms with van der Waals surface area (Å²) in [5.74, 6) is -1.42. The lowest BCUT2D eigenvalue weighted by molar-refractivity contribution is -0.143. The first-order valence-corrected chi connectivity index (χ1v) is 20.3. The third kappa shape index (κ3) is 9.35. The average molecular weight is 781 g/mol. The third-order valence-corrected chi connectivity index (χ3v) is 12.3. The van der Waals surface area contributed by atoms with E-state index in [1.54, 1.807) is 19.1 Å². The summed E-state index contributed by atoms with van der Waals surface area (Å²) in [6.45, 7) is 16.7. The molecule has 3 aromatic rings. The zero-order valence-corrected chi connectivity index (χ0v) is 35.1. The Morgan fingerprint density at radius 1 is 0.825 bits per heavy atom. The van der Waals surface area contributed by atoms with Crippen LogP contribution >= 0.6 is 0 Å². The van der Waals surface area contributed by atoms with Crippen molar-refractivity contribution in [1.29, 1.82) is 0 Å². The fraction of sp³-hybridized carbons (Fsp3) is 0.500. The summed E-state index contributed by atoms with van der Waals surface area (Å²) in [7, 11) is 1.43. The summed E-state index contributed by atoms with van der Waals surface area (Å²) >= 11 is 0. The normalized spacial score (nSPS) is 16.6. The van der Waals surface area contributed by atoms with Gasteiger partial charge < -0.3 is 25.0 Å². The van der Waals surface area contributed by atoms with Crippen LogP contribution in [0.25, 0.3) is 0 Å². The van der Waals surface area contributed by atoms with E-state index in [-0.39, 0.29) is 41.3 Å². The second-order valence-electron chi connectivity index (χ2n) is 17.0. The highest BCUT2D eigenvalue weighted by atomic mass is 16.5. The highest BCUT2D eigenvalue weighted by Gasteiger charge is 2.52. The number of amides is 5. The molecule has 306 valence electrons. The van der Waals surface area contributed by atoms with Gasteiger partial charge in [0, 0.05) is 23.2 Å². The van der Waals surface area contributed by atoms with E-state index in [2.05, 4.69) is 64.3 Å². The molecule has 11 heteroatoms. The van der Waals surface area contributed by atoms with E-state index < -0.39 is 41.2 Å². The van der Waals surface area contributed by atoms with Gasteiger partial charge in [0.2, 0.25) is 0 Å². The third-order valence-electron chi connectivity index (χ3n) is 12.3. The maximum Gasteiger partial charge on any atom is 0.328 e. The molecule has 5 amide bonds. The standard InChI is InChI=1S/C46H60N4O7/c1-10-35(57-36-22-20-31(44(4,5)11-2)26-33(36)45(6,7)12-3)41(53)47-32-21-23-37(56-9)34(27-32)48-42(54)39(40(52)46(8)24-16-17-25-46)50-38(51)29-49(43(50)55)28-30-18-14-13-15-19-30/h13-15,18-23,26-27,35,39H,10-12,16-17,24-25,28-29H2,1-9H3,(H,47,53)(H,48,54). The Morgan fingerprint density at radius 3 is 2.09 bits per heavy atom. The summed E-state index contributed by atoms with van der Waals surface area (Å²) in [6, 6.07) is 17.8. The fourth-order valence-corrected chi connectivity index (χ4v) is 7.59. The highest BCUT2D eigenvalue weighted by molar-refractivity contribution is 6.19. The van der Waals surface area contributed by atoms with Crippen LogP contribution in [0.1, 0.15) is 117 Å². The zero-order chi connectivity index (χ0) is 41.7. The number of hydrogen-bond acceptors (Lipinski definition) is 7. The average Bonchev–Trinajstić information content (AvgIpc) is 3.76. The number of hydrogen-bond donors (Lipinski definition) is 2. The molecule has 0 aromatic heterocycles. The van der Waals surface area contributed by atoms with Gasteiger partial charge in [-0.15, -0.1) is 0 Å². The van der Waals surface area contributed by atoms with Crippen LogP contribution in [0.5, 0.6) is 11.5 Å². The molecular formula is C46H60N4O7. The van der Waals surface area contributed by atoms with Gasteiger partial charge in [-0.2, -0.15) is 0 Å². The highest BCUT2D eigenvalue weighted by Crippen LogP contribution is 2.42. The van der Waals surface area contributed by atoms with Crippen molar-refractivity contribution in [1.82, 2.24) is 9.80 Å². The molecule has 1 aliphatic heterocycles. The lowest BCUT2D eigenvalue weighted by atomic mass is 9.76. The van der Waals surface area contributed by atoms with Gasteiger partial charge in [0.05, 0.1) is 12.8 Å². The molecule has 57 heavy (non-hydrogen) atoms. The van der Waals surface area contributed by atoms with E-state index in [0.717, 1.165) is 41.7 Å². The van der Waals surface area contributed by atoms with Crippen LogP contribution in [0.15, 0.2) is 66.7 Å². The van der Waals surface area contributed by atoms with Gasteiger partial charge in [-0.25, -0.2) is 9.69 Å². The number of ether oxygens (including phenoxy) is 2. The van der Waals surface area contributed by atoms with Crippen molar-refractivity contribution in [2.75, 3.05) is 24.3 Å². The summed E-state index contributed by atoms with van der Waals surface area (Å²) < 4.78 is 12.0. The number of anilines is 2. The minimum absolute atomic E-state index is 0.0237. The molecule has 11 nitrogen and oxygen atoms in total. The largest absolute Gasteiger partial charge is 0.495 e. The predicted octanol–water partition coefficient (Wildman–Crippen LogP) is 8.79. The van der Waals surface area contributed by atoms with Gasteiger partial charge in [-0.3, -0.25) is 19.2 Å². The number of benzene rings is 3. The molecule has 2 atom stereocenters. The monoisotopic (exact) mass is 780 g/mol. The predicted molar refractivity (Wildman–Crippen MR) is 223 cm³/mol. The van der Waals surface area contributed by atoms with Crippen molar-refractivity contribution in [3.05, 3.63) is 83.4 Å². The van der Waals surface area contributed by atoms with Gasteiger partial charge in [-0.1, -0.05) is 111 Å². The molecule has 0 radical (unpaired) electrons. The molecule has 2 fully saturated rings. The molecule has 0 spiro atoms. The number of nitrogens with zero attached hydrogens (tertiary/aromatic N) is 2. The van der Waals surface area contributed by atoms with E-state index in [1.807, 2.05) is 43.3 Å². The maximum atomic E-state index is 14.3. The van der Waals surface area contributed by atoms with E-state index in [1.165, 1.54) is 23.6 Å². The molecule has 1 aliphatic carbocycles. The number of carbonyl (C=O) groups excluding carboxylic acids is 5. The van der Waals surface area contributed by atoms with E-state index in [4.69, 9.17) is 9.47 Å².